The predicted octanol–water partition coefficient (Wildman–Crippen LogP) is 3.50. The van der Waals surface area contributed by atoms with Gasteiger partial charge >= 0.3 is 0 Å². The number of benzene rings is 2. The lowest BCUT2D eigenvalue weighted by Gasteiger charge is -2.11. The maximum Gasteiger partial charge on any atom is 0.256 e. The van der Waals surface area contributed by atoms with Crippen molar-refractivity contribution in [2.75, 3.05) is 19.5 Å². The Balaban J connectivity index is 2.11. The van der Waals surface area contributed by atoms with Gasteiger partial charge in [-0.25, -0.2) is 0 Å². The van der Waals surface area contributed by atoms with Crippen LogP contribution in [0.3, 0.4) is 0 Å². The van der Waals surface area contributed by atoms with E-state index in [4.69, 9.17) is 9.47 Å². The minimum atomic E-state index is -0.0876. The molecule has 0 atom stereocenters. The van der Waals surface area contributed by atoms with Crippen LogP contribution in [0.15, 0.2) is 36.4 Å². The second-order valence-corrected chi connectivity index (χ2v) is 5.12. The molecule has 3 rings (SSSR count). The molecule has 112 valence electrons. The normalized spacial score (nSPS) is 14.7. The third-order valence-corrected chi connectivity index (χ3v) is 3.78. The average molecular weight is 295 g/mol. The lowest BCUT2D eigenvalue weighted by atomic mass is 10.0. The Hall–Kier alpha value is -2.75. The lowest BCUT2D eigenvalue weighted by Crippen LogP contribution is -2.03. The number of nitrogens with one attached hydrogen (secondary N) is 1. The Morgan fingerprint density at radius 1 is 1.05 bits per heavy atom. The van der Waals surface area contributed by atoms with E-state index in [0.29, 0.717) is 17.1 Å². The van der Waals surface area contributed by atoms with E-state index in [1.807, 2.05) is 49.4 Å². The zero-order valence-electron chi connectivity index (χ0n) is 12.8. The molecule has 2 aromatic carbocycles. The standard InChI is InChI=1S/C18H17NO3/c1-11-8-16(21-2)17(22-3)10-12(11)9-14-13-6-4-5-7-15(13)19-18(14)20/h4-10H,1-3H3,(H,19,20)/b14-9-. The van der Waals surface area contributed by atoms with E-state index in [0.717, 1.165) is 22.4 Å². The van der Waals surface area contributed by atoms with Crippen LogP contribution in [-0.2, 0) is 4.79 Å². The number of rotatable bonds is 3. The summed E-state index contributed by atoms with van der Waals surface area (Å²) in [7, 11) is 3.21. The van der Waals surface area contributed by atoms with Crippen molar-refractivity contribution in [3.05, 3.63) is 53.1 Å². The van der Waals surface area contributed by atoms with Crippen LogP contribution in [-0.4, -0.2) is 20.1 Å². The zero-order valence-corrected chi connectivity index (χ0v) is 12.8. The number of carbonyl (C=O) groups excluding carboxylic acids is 1. The van der Waals surface area contributed by atoms with Crippen LogP contribution in [0.25, 0.3) is 11.6 Å². The highest BCUT2D eigenvalue weighted by atomic mass is 16.5. The van der Waals surface area contributed by atoms with Crippen molar-refractivity contribution in [3.63, 3.8) is 0 Å². The molecule has 0 saturated heterocycles. The molecular formula is C18H17NO3. The molecule has 0 aromatic heterocycles. The highest BCUT2D eigenvalue weighted by Crippen LogP contribution is 2.36. The smallest absolute Gasteiger partial charge is 0.256 e. The summed E-state index contributed by atoms with van der Waals surface area (Å²) in [6.07, 6.45) is 1.89. The van der Waals surface area contributed by atoms with Crippen molar-refractivity contribution in [2.45, 2.75) is 6.92 Å². The molecule has 0 radical (unpaired) electrons. The number of methoxy groups -OCH3 is 2. The number of hydrogen-bond acceptors (Lipinski definition) is 3. The van der Waals surface area contributed by atoms with Crippen LogP contribution in [0, 0.1) is 6.92 Å². The number of fused-ring (bicyclic) bond motifs is 1. The second-order valence-electron chi connectivity index (χ2n) is 5.12. The SMILES string of the molecule is COc1cc(C)c(/C=C2\C(=O)Nc3ccccc32)cc1OC. The van der Waals surface area contributed by atoms with Crippen molar-refractivity contribution in [1.29, 1.82) is 0 Å². The number of amides is 1. The fourth-order valence-electron chi connectivity index (χ4n) is 2.59. The molecule has 1 aliphatic rings. The molecule has 0 spiro atoms. The van der Waals surface area contributed by atoms with E-state index in [-0.39, 0.29) is 5.91 Å². The van der Waals surface area contributed by atoms with Crippen LogP contribution in [0.5, 0.6) is 11.5 Å². The molecule has 0 bridgehead atoms. The number of aryl methyl sites for hydroxylation is 1. The molecule has 0 unspecified atom stereocenters. The lowest BCUT2D eigenvalue weighted by molar-refractivity contribution is -0.110. The topological polar surface area (TPSA) is 47.6 Å². The summed E-state index contributed by atoms with van der Waals surface area (Å²) in [6, 6.07) is 11.5. The minimum Gasteiger partial charge on any atom is -0.493 e. The minimum absolute atomic E-state index is 0.0876. The number of carbonyl (C=O) groups is 1. The predicted molar refractivity (Wildman–Crippen MR) is 87.2 cm³/mol. The largest absolute Gasteiger partial charge is 0.493 e. The van der Waals surface area contributed by atoms with Crippen LogP contribution in [0.1, 0.15) is 16.7 Å². The maximum absolute atomic E-state index is 12.2. The van der Waals surface area contributed by atoms with Gasteiger partial charge in [-0.3, -0.25) is 4.79 Å². The van der Waals surface area contributed by atoms with Crippen LogP contribution < -0.4 is 14.8 Å². The highest BCUT2D eigenvalue weighted by Gasteiger charge is 2.23. The second kappa shape index (κ2) is 5.56. The van der Waals surface area contributed by atoms with Gasteiger partial charge in [-0.2, -0.15) is 0 Å². The molecule has 0 fully saturated rings. The van der Waals surface area contributed by atoms with E-state index in [1.54, 1.807) is 14.2 Å². The van der Waals surface area contributed by atoms with Gasteiger partial charge in [0.1, 0.15) is 0 Å². The molecule has 1 amide bonds. The first-order valence-electron chi connectivity index (χ1n) is 6.99. The summed E-state index contributed by atoms with van der Waals surface area (Å²) >= 11 is 0. The first-order chi connectivity index (χ1) is 10.6. The summed E-state index contributed by atoms with van der Waals surface area (Å²) < 4.78 is 10.6. The molecule has 1 heterocycles. The van der Waals surface area contributed by atoms with Gasteiger partial charge in [-0.1, -0.05) is 18.2 Å². The fourth-order valence-corrected chi connectivity index (χ4v) is 2.59. The molecular weight excluding hydrogens is 278 g/mol. The fraction of sp³-hybridized carbons (Fsp3) is 0.167. The number of para-hydroxylation sites is 1. The Morgan fingerprint density at radius 2 is 1.73 bits per heavy atom. The quantitative estimate of drug-likeness (QED) is 0.882. The third-order valence-electron chi connectivity index (χ3n) is 3.78. The van der Waals surface area contributed by atoms with Crippen molar-refractivity contribution in [1.82, 2.24) is 0 Å². The number of ether oxygens (including phenoxy) is 2. The van der Waals surface area contributed by atoms with Gasteiger partial charge in [-0.05, 0) is 42.3 Å². The third kappa shape index (κ3) is 2.33. The van der Waals surface area contributed by atoms with Gasteiger partial charge in [0.25, 0.3) is 5.91 Å². The maximum atomic E-state index is 12.2. The highest BCUT2D eigenvalue weighted by molar-refractivity contribution is 6.34. The molecule has 4 heteroatoms. The van der Waals surface area contributed by atoms with E-state index in [9.17, 15) is 4.79 Å². The van der Waals surface area contributed by atoms with E-state index in [1.165, 1.54) is 0 Å². The first-order valence-corrected chi connectivity index (χ1v) is 6.99. The molecule has 0 saturated carbocycles. The van der Waals surface area contributed by atoms with Crippen molar-refractivity contribution >= 4 is 23.2 Å². The first kappa shape index (κ1) is 14.2. The molecule has 2 aromatic rings. The van der Waals surface area contributed by atoms with Crippen LogP contribution >= 0.6 is 0 Å². The molecule has 1 N–H and O–H groups in total. The van der Waals surface area contributed by atoms with E-state index in [2.05, 4.69) is 5.32 Å². The average Bonchev–Trinajstić information content (AvgIpc) is 2.84. The zero-order chi connectivity index (χ0) is 15.7. The van der Waals surface area contributed by atoms with Gasteiger partial charge in [0.05, 0.1) is 14.2 Å². The molecule has 4 nitrogen and oxygen atoms in total. The van der Waals surface area contributed by atoms with Crippen molar-refractivity contribution in [2.24, 2.45) is 0 Å². The Labute approximate surface area is 129 Å². The number of anilines is 1. The molecule has 22 heavy (non-hydrogen) atoms. The summed E-state index contributed by atoms with van der Waals surface area (Å²) in [6.45, 7) is 1.98. The summed E-state index contributed by atoms with van der Waals surface area (Å²) in [5.74, 6) is 1.24. The van der Waals surface area contributed by atoms with Gasteiger partial charge < -0.3 is 14.8 Å². The number of hydrogen-bond donors (Lipinski definition) is 1. The van der Waals surface area contributed by atoms with E-state index < -0.39 is 0 Å². The van der Waals surface area contributed by atoms with Crippen LogP contribution in [0.4, 0.5) is 5.69 Å². The molecule has 1 aliphatic heterocycles. The van der Waals surface area contributed by atoms with Crippen molar-refractivity contribution < 1.29 is 14.3 Å². The Bertz CT molecular complexity index is 778. The summed E-state index contributed by atoms with van der Waals surface area (Å²) in [5, 5.41) is 2.88. The monoisotopic (exact) mass is 295 g/mol. The molecule has 0 aliphatic carbocycles. The van der Waals surface area contributed by atoms with Crippen molar-refractivity contribution in [3.8, 4) is 11.5 Å². The van der Waals surface area contributed by atoms with Crippen LogP contribution in [0.2, 0.25) is 0 Å². The summed E-state index contributed by atoms with van der Waals surface area (Å²) in [5.41, 5.74) is 4.37. The van der Waals surface area contributed by atoms with Gasteiger partial charge in [0.15, 0.2) is 11.5 Å². The summed E-state index contributed by atoms with van der Waals surface area (Å²) in [4.78, 5) is 12.2. The van der Waals surface area contributed by atoms with E-state index >= 15 is 0 Å². The van der Waals surface area contributed by atoms with Gasteiger partial charge in [0.2, 0.25) is 0 Å². The Kier molecular flexibility index (Phi) is 3.59. The van der Waals surface area contributed by atoms with Gasteiger partial charge in [0, 0.05) is 16.8 Å². The van der Waals surface area contributed by atoms with Gasteiger partial charge in [-0.15, -0.1) is 0 Å². The Morgan fingerprint density at radius 3 is 2.45 bits per heavy atom.